The predicted octanol–water partition coefficient (Wildman–Crippen LogP) is -0.134. The van der Waals surface area contributed by atoms with Gasteiger partial charge in [-0.05, 0) is 6.08 Å². The minimum atomic E-state index is -0.444. The van der Waals surface area contributed by atoms with Gasteiger partial charge in [-0.2, -0.15) is 0 Å². The van der Waals surface area contributed by atoms with Crippen molar-refractivity contribution in [3.05, 3.63) is 23.9 Å². The molecule has 1 heterocycles. The Bertz CT molecular complexity index is 264. The molecule has 0 saturated carbocycles. The van der Waals surface area contributed by atoms with E-state index in [1.54, 1.807) is 38.5 Å². The van der Waals surface area contributed by atoms with E-state index in [1.165, 1.54) is 5.06 Å². The van der Waals surface area contributed by atoms with Crippen molar-refractivity contribution < 1.29 is 9.63 Å². The molecule has 0 amide bonds. The van der Waals surface area contributed by atoms with Crippen LogP contribution in [0.25, 0.3) is 0 Å². The highest BCUT2D eigenvalue weighted by Crippen LogP contribution is 1.97. The largest absolute Gasteiger partial charge is 0.429 e. The van der Waals surface area contributed by atoms with Crippen LogP contribution in [0.1, 0.15) is 0 Å². The standard InChI is InChI=1S/C8H10N2O2/c1-10(2)12-8(11)7-5-3-4-6-9-7/h3-6H,1-2H3/q+1. The van der Waals surface area contributed by atoms with Crippen LogP contribution in [-0.4, -0.2) is 31.3 Å². The third kappa shape index (κ3) is 2.32. The van der Waals surface area contributed by atoms with Crippen LogP contribution >= 0.6 is 0 Å². The van der Waals surface area contributed by atoms with E-state index in [2.05, 4.69) is 4.99 Å². The molecule has 1 aliphatic heterocycles. The van der Waals surface area contributed by atoms with Gasteiger partial charge in [0.15, 0.2) is 0 Å². The summed E-state index contributed by atoms with van der Waals surface area (Å²) in [6, 6.07) is 0. The summed E-state index contributed by atoms with van der Waals surface area (Å²) in [5.41, 5.74) is 0.311. The second kappa shape index (κ2) is 3.82. The lowest BCUT2D eigenvalue weighted by atomic mass is 10.3. The van der Waals surface area contributed by atoms with Gasteiger partial charge in [0, 0.05) is 26.2 Å². The Hall–Kier alpha value is -1.42. The van der Waals surface area contributed by atoms with Gasteiger partial charge in [-0.25, -0.2) is 4.79 Å². The second-order valence-electron chi connectivity index (χ2n) is 2.41. The molecule has 1 rings (SSSR count). The number of hydrogen-bond acceptors (Lipinski definition) is 4. The van der Waals surface area contributed by atoms with Crippen LogP contribution in [0.4, 0.5) is 0 Å². The van der Waals surface area contributed by atoms with Crippen molar-refractivity contribution in [1.82, 2.24) is 10.1 Å². The molecule has 0 aromatic carbocycles. The number of hydroxylamine groups is 2. The molecule has 0 unspecified atom stereocenters. The van der Waals surface area contributed by atoms with Crippen LogP contribution < -0.4 is 4.99 Å². The van der Waals surface area contributed by atoms with Crippen molar-refractivity contribution >= 4 is 12.2 Å². The minimum absolute atomic E-state index is 0.311. The summed E-state index contributed by atoms with van der Waals surface area (Å²) < 4.78 is 0. The Kier molecular flexibility index (Phi) is 2.76. The Balaban J connectivity index is 2.59. The molecule has 4 heteroatoms. The van der Waals surface area contributed by atoms with Gasteiger partial charge in [-0.15, -0.1) is 5.06 Å². The number of aliphatic imine (C=N–C) groups is 1. The van der Waals surface area contributed by atoms with Crippen LogP contribution in [0.15, 0.2) is 23.9 Å². The van der Waals surface area contributed by atoms with E-state index in [1.807, 2.05) is 0 Å². The summed E-state index contributed by atoms with van der Waals surface area (Å²) in [6.45, 7) is 0. The van der Waals surface area contributed by atoms with E-state index in [4.69, 9.17) is 4.84 Å². The quantitative estimate of drug-likeness (QED) is 0.536. The van der Waals surface area contributed by atoms with Gasteiger partial charge < -0.3 is 4.84 Å². The highest BCUT2D eigenvalue weighted by atomic mass is 16.7. The summed E-state index contributed by atoms with van der Waals surface area (Å²) in [5, 5.41) is 1.33. The first kappa shape index (κ1) is 8.67. The molecule has 4 nitrogen and oxygen atoms in total. The number of rotatable bonds is 2. The van der Waals surface area contributed by atoms with E-state index in [-0.39, 0.29) is 0 Å². The summed E-state index contributed by atoms with van der Waals surface area (Å²) >= 11 is 0. The number of hydrogen-bond donors (Lipinski definition) is 0. The van der Waals surface area contributed by atoms with Crippen molar-refractivity contribution in [3.8, 4) is 0 Å². The van der Waals surface area contributed by atoms with E-state index in [0.717, 1.165) is 0 Å². The lowest BCUT2D eigenvalue weighted by Crippen LogP contribution is -2.22. The zero-order valence-electron chi connectivity index (χ0n) is 7.02. The molecule has 0 bridgehead atoms. The number of allylic oxidation sites excluding steroid dienone is 3. The fraction of sp³-hybridized carbons (Fsp3) is 0.250. The first-order valence-electron chi connectivity index (χ1n) is 3.51. The number of carbonyl (C=O) groups is 1. The van der Waals surface area contributed by atoms with Crippen LogP contribution in [0.2, 0.25) is 0 Å². The van der Waals surface area contributed by atoms with Crippen molar-refractivity contribution in [1.29, 1.82) is 0 Å². The molecule has 0 N–H and O–H groups in total. The number of nitrogens with zero attached hydrogens (tertiary/aromatic N) is 2. The highest BCUT2D eigenvalue weighted by Gasteiger charge is 2.22. The van der Waals surface area contributed by atoms with Gasteiger partial charge >= 0.3 is 11.7 Å². The maximum absolute atomic E-state index is 11.1. The summed E-state index contributed by atoms with van der Waals surface area (Å²) in [6.07, 6.45) is 6.63. The van der Waals surface area contributed by atoms with Crippen molar-refractivity contribution in [2.45, 2.75) is 0 Å². The molecule has 63 valence electrons. The third-order valence-electron chi connectivity index (χ3n) is 1.14. The number of carbonyl (C=O) groups excluding carboxylic acids is 1. The Labute approximate surface area is 70.8 Å². The Morgan fingerprint density at radius 2 is 2.25 bits per heavy atom. The van der Waals surface area contributed by atoms with Gasteiger partial charge in [0.2, 0.25) is 6.21 Å². The Morgan fingerprint density at radius 3 is 2.75 bits per heavy atom. The van der Waals surface area contributed by atoms with E-state index >= 15 is 0 Å². The summed E-state index contributed by atoms with van der Waals surface area (Å²) in [5.74, 6) is -0.444. The van der Waals surface area contributed by atoms with Crippen LogP contribution in [0, 0.1) is 0 Å². The van der Waals surface area contributed by atoms with Gasteiger partial charge in [-0.3, -0.25) is 0 Å². The van der Waals surface area contributed by atoms with Gasteiger partial charge in [0.25, 0.3) is 0 Å². The Morgan fingerprint density at radius 1 is 1.50 bits per heavy atom. The molecule has 0 saturated heterocycles. The maximum atomic E-state index is 11.1. The monoisotopic (exact) mass is 166 g/mol. The second-order valence-corrected chi connectivity index (χ2v) is 2.41. The lowest BCUT2D eigenvalue weighted by molar-refractivity contribution is -0.173. The normalized spacial score (nSPS) is 14.8. The SMILES string of the molecule is CN(C)OC(=O)C1=CC=CC=[N+]1. The molecule has 0 fully saturated rings. The fourth-order valence-corrected chi connectivity index (χ4v) is 0.696. The smallest absolute Gasteiger partial charge is 0.360 e. The predicted molar refractivity (Wildman–Crippen MR) is 45.2 cm³/mol. The molecule has 0 atom stereocenters. The maximum Gasteiger partial charge on any atom is 0.429 e. The summed E-state index contributed by atoms with van der Waals surface area (Å²) in [4.78, 5) is 19.7. The van der Waals surface area contributed by atoms with Gasteiger partial charge in [0.1, 0.15) is 0 Å². The van der Waals surface area contributed by atoms with Crippen molar-refractivity contribution in [2.75, 3.05) is 14.1 Å². The highest BCUT2D eigenvalue weighted by molar-refractivity contribution is 5.91. The van der Waals surface area contributed by atoms with E-state index in [0.29, 0.717) is 5.70 Å². The molecule has 12 heavy (non-hydrogen) atoms. The first-order chi connectivity index (χ1) is 5.70. The lowest BCUT2D eigenvalue weighted by Gasteiger charge is -2.06. The van der Waals surface area contributed by atoms with Crippen molar-refractivity contribution in [2.24, 2.45) is 0 Å². The third-order valence-corrected chi connectivity index (χ3v) is 1.14. The van der Waals surface area contributed by atoms with Gasteiger partial charge in [0.05, 0.1) is 4.99 Å². The molecule has 1 aliphatic rings. The molecular formula is C8H10N2O2+. The molecule has 1 radical (unpaired) electrons. The molecule has 0 aromatic heterocycles. The zero-order valence-corrected chi connectivity index (χ0v) is 7.02. The average molecular weight is 166 g/mol. The first-order valence-corrected chi connectivity index (χ1v) is 3.51. The van der Waals surface area contributed by atoms with Crippen LogP contribution in [0.5, 0.6) is 0 Å². The molecule has 0 aliphatic carbocycles. The van der Waals surface area contributed by atoms with Crippen molar-refractivity contribution in [3.63, 3.8) is 0 Å². The zero-order chi connectivity index (χ0) is 8.97. The molecule has 0 aromatic rings. The fourth-order valence-electron chi connectivity index (χ4n) is 0.696. The van der Waals surface area contributed by atoms with Gasteiger partial charge in [-0.1, -0.05) is 0 Å². The van der Waals surface area contributed by atoms with Crippen LogP contribution in [0.3, 0.4) is 0 Å². The topological polar surface area (TPSA) is 43.6 Å². The minimum Gasteiger partial charge on any atom is -0.360 e. The van der Waals surface area contributed by atoms with E-state index < -0.39 is 5.97 Å². The molecule has 0 spiro atoms. The van der Waals surface area contributed by atoms with Crippen LogP contribution in [-0.2, 0) is 9.63 Å². The summed E-state index contributed by atoms with van der Waals surface area (Å²) in [7, 11) is 3.28. The van der Waals surface area contributed by atoms with E-state index in [9.17, 15) is 4.79 Å². The molecular weight excluding hydrogens is 156 g/mol. The average Bonchev–Trinajstić information content (AvgIpc) is 2.05.